The molecule has 2 amide bonds. The topological polar surface area (TPSA) is 105 Å². The number of fused-ring (bicyclic) bond motifs is 1. The van der Waals surface area contributed by atoms with Crippen LogP contribution in [-0.2, 0) is 28.4 Å². The van der Waals surface area contributed by atoms with Crippen LogP contribution in [0.4, 0.5) is 26.3 Å². The van der Waals surface area contributed by atoms with Crippen molar-refractivity contribution in [1.82, 2.24) is 10.8 Å². The summed E-state index contributed by atoms with van der Waals surface area (Å²) >= 11 is 0. The van der Waals surface area contributed by atoms with Gasteiger partial charge in [-0.25, -0.2) is 5.48 Å². The molecule has 0 saturated heterocycles. The number of carbonyl (C=O) groups excluding carboxylic acids is 3. The molecule has 1 aliphatic carbocycles. The largest absolute Gasteiger partial charge is 0.484 e. The Balaban J connectivity index is 1.61. The van der Waals surface area contributed by atoms with E-state index in [1.165, 1.54) is 17.6 Å². The van der Waals surface area contributed by atoms with Crippen LogP contribution in [0.25, 0.3) is 6.08 Å². The lowest BCUT2D eigenvalue weighted by Gasteiger charge is -2.19. The van der Waals surface area contributed by atoms with Crippen molar-refractivity contribution in [3.63, 3.8) is 0 Å². The van der Waals surface area contributed by atoms with E-state index in [4.69, 9.17) is 9.94 Å². The first-order chi connectivity index (χ1) is 18.8. The number of Topliss-reactive ketones (excluding diaryl/α,β-unsaturated/α-hetero) is 1. The Morgan fingerprint density at radius 3 is 2.20 bits per heavy atom. The Kier molecular flexibility index (Phi) is 9.96. The first-order valence-corrected chi connectivity index (χ1v) is 12.3. The standard InChI is InChI=1S/C27H26F6N2O5/c28-26(29,30)19-11-16(12-20(14-19)27(31,32)33)10-18-6-5-17-13-21(7-8-22(17)25(18)38)40-15-24(37)34-9-3-1-2-4-23(36)35-39/h7-8,10-14,39H,1-6,9,15H2,(H,34,37)(H,35,36)/b18-10+. The Hall–Kier alpha value is -3.87. The molecule has 2 aromatic carbocycles. The highest BCUT2D eigenvalue weighted by atomic mass is 19.4. The van der Waals surface area contributed by atoms with Gasteiger partial charge in [0.15, 0.2) is 12.4 Å². The van der Waals surface area contributed by atoms with Crippen molar-refractivity contribution in [2.45, 2.75) is 50.9 Å². The van der Waals surface area contributed by atoms with Gasteiger partial charge in [-0.05, 0) is 79.3 Å². The fourth-order valence-electron chi connectivity index (χ4n) is 4.12. The summed E-state index contributed by atoms with van der Waals surface area (Å²) in [6, 6.07) is 5.63. The van der Waals surface area contributed by atoms with Gasteiger partial charge in [-0.2, -0.15) is 26.3 Å². The van der Waals surface area contributed by atoms with Crippen LogP contribution in [0.3, 0.4) is 0 Å². The van der Waals surface area contributed by atoms with Crippen molar-refractivity contribution in [2.24, 2.45) is 0 Å². The van der Waals surface area contributed by atoms with Crippen LogP contribution in [0, 0.1) is 0 Å². The first-order valence-electron chi connectivity index (χ1n) is 12.3. The van der Waals surface area contributed by atoms with Crippen molar-refractivity contribution in [1.29, 1.82) is 0 Å². The molecular formula is C27H26F6N2O5. The van der Waals surface area contributed by atoms with Crippen LogP contribution in [0.1, 0.15) is 64.7 Å². The minimum atomic E-state index is -4.99. The number of nitrogens with one attached hydrogen (secondary N) is 2. The highest BCUT2D eigenvalue weighted by molar-refractivity contribution is 6.13. The fraction of sp³-hybridized carbons (Fsp3) is 0.370. The number of aryl methyl sites for hydroxylation is 1. The van der Waals surface area contributed by atoms with E-state index in [2.05, 4.69) is 5.32 Å². The SMILES string of the molecule is O=C(CCCCCNC(=O)COc1ccc2c(c1)CC/C(=C\c1cc(C(F)(F)F)cc(C(F)(F)F)c1)C2=O)NO. The van der Waals surface area contributed by atoms with E-state index < -0.39 is 35.2 Å². The zero-order chi connectivity index (χ0) is 29.5. The highest BCUT2D eigenvalue weighted by Crippen LogP contribution is 2.37. The van der Waals surface area contributed by atoms with Crippen molar-refractivity contribution >= 4 is 23.7 Å². The minimum absolute atomic E-state index is 0.0317. The zero-order valence-corrected chi connectivity index (χ0v) is 21.0. The summed E-state index contributed by atoms with van der Waals surface area (Å²) in [5.41, 5.74) is -0.874. The molecule has 0 radical (unpaired) electrons. The van der Waals surface area contributed by atoms with E-state index >= 15 is 0 Å². The summed E-state index contributed by atoms with van der Waals surface area (Å²) in [4.78, 5) is 35.9. The number of alkyl halides is 6. The summed E-state index contributed by atoms with van der Waals surface area (Å²) in [5, 5.41) is 11.1. The number of hydrogen-bond acceptors (Lipinski definition) is 5. The predicted molar refractivity (Wildman–Crippen MR) is 130 cm³/mol. The zero-order valence-electron chi connectivity index (χ0n) is 21.0. The first kappa shape index (κ1) is 30.7. The third-order valence-electron chi connectivity index (χ3n) is 6.12. The van der Waals surface area contributed by atoms with Gasteiger partial charge in [0.25, 0.3) is 5.91 Å². The molecule has 0 bridgehead atoms. The van der Waals surface area contributed by atoms with Crippen LogP contribution >= 0.6 is 0 Å². The number of amides is 2. The van der Waals surface area contributed by atoms with Crippen molar-refractivity contribution < 1.29 is 50.7 Å². The molecule has 216 valence electrons. The van der Waals surface area contributed by atoms with Gasteiger partial charge < -0.3 is 10.1 Å². The van der Waals surface area contributed by atoms with Crippen LogP contribution < -0.4 is 15.5 Å². The molecule has 0 unspecified atom stereocenters. The van der Waals surface area contributed by atoms with Crippen molar-refractivity contribution in [3.8, 4) is 5.75 Å². The second-order valence-electron chi connectivity index (χ2n) is 9.14. The van der Waals surface area contributed by atoms with Crippen molar-refractivity contribution in [3.05, 3.63) is 69.8 Å². The lowest BCUT2D eigenvalue weighted by Crippen LogP contribution is -2.29. The van der Waals surface area contributed by atoms with E-state index in [9.17, 15) is 40.7 Å². The number of ether oxygens (including phenoxy) is 1. The van der Waals surface area contributed by atoms with Crippen LogP contribution in [-0.4, -0.2) is 36.0 Å². The normalized spacial score (nSPS) is 14.6. The number of halogens is 6. The molecule has 0 aromatic heterocycles. The van der Waals surface area contributed by atoms with Crippen LogP contribution in [0.2, 0.25) is 0 Å². The maximum absolute atomic E-state index is 13.2. The summed E-state index contributed by atoms with van der Waals surface area (Å²) < 4.78 is 84.5. The molecule has 3 rings (SSSR count). The number of carbonyl (C=O) groups is 3. The van der Waals surface area contributed by atoms with Crippen LogP contribution in [0.15, 0.2) is 42.0 Å². The number of unbranched alkanes of at least 4 members (excludes halogenated alkanes) is 2. The molecule has 0 atom stereocenters. The summed E-state index contributed by atoms with van der Waals surface area (Å²) in [5.74, 6) is -1.07. The molecule has 0 fully saturated rings. The van der Waals surface area contributed by atoms with Crippen LogP contribution in [0.5, 0.6) is 5.75 Å². The van der Waals surface area contributed by atoms with Gasteiger partial charge in [-0.1, -0.05) is 6.42 Å². The van der Waals surface area contributed by atoms with Gasteiger partial charge in [0, 0.05) is 24.1 Å². The van der Waals surface area contributed by atoms with E-state index in [0.29, 0.717) is 49.3 Å². The molecule has 40 heavy (non-hydrogen) atoms. The van der Waals surface area contributed by atoms with Gasteiger partial charge in [-0.3, -0.25) is 19.6 Å². The van der Waals surface area contributed by atoms with Gasteiger partial charge in [0.2, 0.25) is 5.91 Å². The van der Waals surface area contributed by atoms with E-state index in [0.717, 1.165) is 6.08 Å². The molecule has 1 aliphatic rings. The number of allylic oxidation sites excluding steroid dienone is 1. The average molecular weight is 573 g/mol. The maximum Gasteiger partial charge on any atom is 0.416 e. The smallest absolute Gasteiger partial charge is 0.416 e. The third kappa shape index (κ3) is 8.57. The molecule has 0 spiro atoms. The lowest BCUT2D eigenvalue weighted by molar-refractivity contribution is -0.143. The van der Waals surface area contributed by atoms with E-state index in [1.807, 2.05) is 0 Å². The fourth-order valence-corrected chi connectivity index (χ4v) is 4.12. The number of ketones is 1. The Bertz CT molecular complexity index is 1250. The maximum atomic E-state index is 13.2. The Labute approximate surface area is 225 Å². The predicted octanol–water partition coefficient (Wildman–Crippen LogP) is 5.50. The molecule has 13 heteroatoms. The van der Waals surface area contributed by atoms with Gasteiger partial charge >= 0.3 is 12.4 Å². The molecule has 0 saturated carbocycles. The molecule has 0 heterocycles. The molecule has 2 aromatic rings. The number of hydroxylamine groups is 1. The number of rotatable bonds is 10. The van der Waals surface area contributed by atoms with Crippen molar-refractivity contribution in [2.75, 3.05) is 13.2 Å². The minimum Gasteiger partial charge on any atom is -0.484 e. The Morgan fingerprint density at radius 1 is 0.900 bits per heavy atom. The molecular weight excluding hydrogens is 546 g/mol. The summed E-state index contributed by atoms with van der Waals surface area (Å²) in [6.45, 7) is 0.0783. The Morgan fingerprint density at radius 2 is 1.57 bits per heavy atom. The molecule has 0 aliphatic heterocycles. The van der Waals surface area contributed by atoms with Gasteiger partial charge in [-0.15, -0.1) is 0 Å². The quantitative estimate of drug-likeness (QED) is 0.115. The number of benzene rings is 2. The summed E-state index contributed by atoms with van der Waals surface area (Å²) in [6.07, 6.45) is -6.54. The lowest BCUT2D eigenvalue weighted by atomic mass is 9.85. The van der Waals surface area contributed by atoms with E-state index in [1.54, 1.807) is 6.07 Å². The second-order valence-corrected chi connectivity index (χ2v) is 9.14. The van der Waals surface area contributed by atoms with Gasteiger partial charge in [0.05, 0.1) is 11.1 Å². The van der Waals surface area contributed by atoms with Gasteiger partial charge in [0.1, 0.15) is 5.75 Å². The highest BCUT2D eigenvalue weighted by Gasteiger charge is 2.37. The average Bonchev–Trinajstić information content (AvgIpc) is 2.89. The monoisotopic (exact) mass is 572 g/mol. The van der Waals surface area contributed by atoms with E-state index in [-0.39, 0.29) is 54.5 Å². The summed E-state index contributed by atoms with van der Waals surface area (Å²) in [7, 11) is 0. The number of hydrogen-bond donors (Lipinski definition) is 3. The second kappa shape index (κ2) is 13.0. The third-order valence-corrected chi connectivity index (χ3v) is 6.12. The molecule has 3 N–H and O–H groups in total. The molecule has 7 nitrogen and oxygen atoms in total.